The molecule has 146 valence electrons. The summed E-state index contributed by atoms with van der Waals surface area (Å²) < 4.78 is 6.66. The van der Waals surface area contributed by atoms with Gasteiger partial charge in [0.2, 0.25) is 0 Å². The maximum absolute atomic E-state index is 10.5. The van der Waals surface area contributed by atoms with Gasteiger partial charge in [0.05, 0.1) is 18.8 Å². The lowest BCUT2D eigenvalue weighted by Gasteiger charge is -2.43. The van der Waals surface area contributed by atoms with E-state index in [1.54, 1.807) is 6.08 Å². The van der Waals surface area contributed by atoms with Gasteiger partial charge in [0.15, 0.2) is 0 Å². The number of aliphatic hydroxyl groups excluding tert-OH is 2. The second-order valence-corrected chi connectivity index (χ2v) is 12.3. The minimum atomic E-state index is -2.64. The van der Waals surface area contributed by atoms with Crippen LogP contribution in [0.25, 0.3) is 0 Å². The molecule has 2 rings (SSSR count). The SMILES string of the molecule is C=CC[C@H](O)C[C@H](O)CO[Si](c1ccccc1)(c1ccccc1)C(C)(C)C. The molecular weight excluding hydrogens is 352 g/mol. The Labute approximate surface area is 164 Å². The van der Waals surface area contributed by atoms with Crippen molar-refractivity contribution in [2.75, 3.05) is 6.61 Å². The van der Waals surface area contributed by atoms with E-state index in [0.717, 1.165) is 0 Å². The summed E-state index contributed by atoms with van der Waals surface area (Å²) in [5.74, 6) is 0. The van der Waals surface area contributed by atoms with Crippen molar-refractivity contribution < 1.29 is 14.6 Å². The van der Waals surface area contributed by atoms with Crippen LogP contribution in [0.2, 0.25) is 5.04 Å². The van der Waals surface area contributed by atoms with Crippen molar-refractivity contribution in [3.63, 3.8) is 0 Å². The number of hydrogen-bond acceptors (Lipinski definition) is 3. The highest BCUT2D eigenvalue weighted by Crippen LogP contribution is 2.36. The molecule has 2 N–H and O–H groups in total. The summed E-state index contributed by atoms with van der Waals surface area (Å²) in [7, 11) is -2.64. The predicted octanol–water partition coefficient (Wildman–Crippen LogP) is 3.25. The van der Waals surface area contributed by atoms with Gasteiger partial charge in [-0.1, -0.05) is 87.5 Å². The summed E-state index contributed by atoms with van der Waals surface area (Å²) in [6, 6.07) is 20.7. The van der Waals surface area contributed by atoms with Crippen molar-refractivity contribution in [2.24, 2.45) is 0 Å². The lowest BCUT2D eigenvalue weighted by Crippen LogP contribution is -2.67. The minimum Gasteiger partial charge on any atom is -0.405 e. The molecule has 0 bridgehead atoms. The molecule has 4 heteroatoms. The lowest BCUT2D eigenvalue weighted by molar-refractivity contribution is 0.0475. The largest absolute Gasteiger partial charge is 0.405 e. The molecule has 3 nitrogen and oxygen atoms in total. The Kier molecular flexibility index (Phi) is 7.56. The van der Waals surface area contributed by atoms with E-state index in [1.807, 2.05) is 36.4 Å². The Hall–Kier alpha value is -1.72. The number of rotatable bonds is 9. The molecule has 2 atom stereocenters. The zero-order chi connectivity index (χ0) is 19.9. The van der Waals surface area contributed by atoms with Crippen molar-refractivity contribution >= 4 is 18.7 Å². The highest BCUT2D eigenvalue weighted by molar-refractivity contribution is 6.99. The molecule has 2 aromatic carbocycles. The molecule has 0 saturated heterocycles. The van der Waals surface area contributed by atoms with Gasteiger partial charge < -0.3 is 14.6 Å². The summed E-state index contributed by atoms with van der Waals surface area (Å²) in [4.78, 5) is 0. The van der Waals surface area contributed by atoms with Crippen LogP contribution in [-0.2, 0) is 4.43 Å². The minimum absolute atomic E-state index is 0.130. The predicted molar refractivity (Wildman–Crippen MR) is 115 cm³/mol. The van der Waals surface area contributed by atoms with E-state index in [2.05, 4.69) is 51.6 Å². The number of benzene rings is 2. The molecule has 0 heterocycles. The fourth-order valence-corrected chi connectivity index (χ4v) is 8.25. The average Bonchev–Trinajstić information content (AvgIpc) is 2.63. The molecule has 0 aliphatic heterocycles. The highest BCUT2D eigenvalue weighted by atomic mass is 28.4. The van der Waals surface area contributed by atoms with Crippen molar-refractivity contribution in [2.45, 2.75) is 50.9 Å². The topological polar surface area (TPSA) is 49.7 Å². The molecule has 0 unspecified atom stereocenters. The van der Waals surface area contributed by atoms with Gasteiger partial charge in [-0.3, -0.25) is 0 Å². The number of hydrogen-bond donors (Lipinski definition) is 2. The third-order valence-electron chi connectivity index (χ3n) is 4.89. The van der Waals surface area contributed by atoms with Crippen LogP contribution in [0, 0.1) is 0 Å². The Morgan fingerprint density at radius 3 is 1.81 bits per heavy atom. The van der Waals surface area contributed by atoms with Crippen LogP contribution in [0.1, 0.15) is 33.6 Å². The van der Waals surface area contributed by atoms with E-state index in [0.29, 0.717) is 6.42 Å². The van der Waals surface area contributed by atoms with Gasteiger partial charge in [0, 0.05) is 6.42 Å². The molecule has 0 aromatic heterocycles. The molecule has 2 aromatic rings. The third-order valence-corrected chi connectivity index (χ3v) is 9.90. The zero-order valence-electron chi connectivity index (χ0n) is 16.6. The average molecular weight is 385 g/mol. The van der Waals surface area contributed by atoms with Gasteiger partial charge in [0.1, 0.15) is 0 Å². The second-order valence-electron chi connectivity index (χ2n) is 8.04. The van der Waals surface area contributed by atoms with Crippen molar-refractivity contribution in [1.82, 2.24) is 0 Å². The molecule has 0 radical (unpaired) electrons. The first-order chi connectivity index (χ1) is 12.8. The van der Waals surface area contributed by atoms with E-state index >= 15 is 0 Å². The molecule has 27 heavy (non-hydrogen) atoms. The molecule has 0 saturated carbocycles. The quantitative estimate of drug-likeness (QED) is 0.515. The summed E-state index contributed by atoms with van der Waals surface area (Å²) >= 11 is 0. The standard InChI is InChI=1S/C23H32O3Si/c1-5-12-19(24)17-20(25)18-26-27(23(2,3)4,21-13-8-6-9-14-21)22-15-10-7-11-16-22/h5-11,13-16,19-20,24-25H,1,12,17-18H2,2-4H3/t19-,20-/m0/s1. The van der Waals surface area contributed by atoms with Gasteiger partial charge in [-0.2, -0.15) is 0 Å². The Balaban J connectivity index is 2.39. The van der Waals surface area contributed by atoms with E-state index < -0.39 is 20.5 Å². The summed E-state index contributed by atoms with van der Waals surface area (Å²) in [6.07, 6.45) is 1.10. The van der Waals surface area contributed by atoms with Crippen LogP contribution in [0.3, 0.4) is 0 Å². The van der Waals surface area contributed by atoms with Crippen LogP contribution in [0.4, 0.5) is 0 Å². The smallest absolute Gasteiger partial charge is 0.261 e. The van der Waals surface area contributed by atoms with Crippen molar-refractivity contribution in [3.8, 4) is 0 Å². The first kappa shape index (κ1) is 21.6. The summed E-state index contributed by atoms with van der Waals surface area (Å²) in [6.45, 7) is 10.5. The number of aliphatic hydroxyl groups is 2. The maximum Gasteiger partial charge on any atom is 0.261 e. The van der Waals surface area contributed by atoms with E-state index in [4.69, 9.17) is 4.43 Å². The van der Waals surface area contributed by atoms with Crippen LogP contribution in [-0.4, -0.2) is 37.3 Å². The Morgan fingerprint density at radius 2 is 1.41 bits per heavy atom. The molecule has 0 fully saturated rings. The molecule has 0 aliphatic rings. The van der Waals surface area contributed by atoms with Crippen molar-refractivity contribution in [3.05, 3.63) is 73.3 Å². The van der Waals surface area contributed by atoms with E-state index in [-0.39, 0.29) is 18.1 Å². The maximum atomic E-state index is 10.5. The second kappa shape index (κ2) is 9.47. The summed E-state index contributed by atoms with van der Waals surface area (Å²) in [5, 5.41) is 22.7. The molecule has 0 aliphatic carbocycles. The Bertz CT molecular complexity index is 655. The van der Waals surface area contributed by atoms with Gasteiger partial charge >= 0.3 is 0 Å². The molecule has 0 amide bonds. The van der Waals surface area contributed by atoms with Gasteiger partial charge in [-0.25, -0.2) is 0 Å². The fraction of sp³-hybridized carbons (Fsp3) is 0.391. The lowest BCUT2D eigenvalue weighted by atomic mass is 10.1. The first-order valence-corrected chi connectivity index (χ1v) is 11.4. The van der Waals surface area contributed by atoms with Crippen LogP contribution in [0.15, 0.2) is 73.3 Å². The van der Waals surface area contributed by atoms with Gasteiger partial charge in [-0.05, 0) is 21.8 Å². The van der Waals surface area contributed by atoms with Crippen LogP contribution < -0.4 is 10.4 Å². The normalized spacial score (nSPS) is 14.6. The van der Waals surface area contributed by atoms with E-state index in [9.17, 15) is 10.2 Å². The Morgan fingerprint density at radius 1 is 0.926 bits per heavy atom. The van der Waals surface area contributed by atoms with Crippen molar-refractivity contribution in [1.29, 1.82) is 0 Å². The van der Waals surface area contributed by atoms with Gasteiger partial charge in [-0.15, -0.1) is 6.58 Å². The van der Waals surface area contributed by atoms with E-state index in [1.165, 1.54) is 10.4 Å². The monoisotopic (exact) mass is 384 g/mol. The molecule has 0 spiro atoms. The van der Waals surface area contributed by atoms with Crippen LogP contribution >= 0.6 is 0 Å². The summed E-state index contributed by atoms with van der Waals surface area (Å²) in [5.41, 5.74) is 0. The fourth-order valence-electron chi connectivity index (χ4n) is 3.65. The zero-order valence-corrected chi connectivity index (χ0v) is 17.6. The third kappa shape index (κ3) is 5.17. The molecular formula is C23H32O3Si. The first-order valence-electron chi connectivity index (χ1n) is 9.53. The van der Waals surface area contributed by atoms with Crippen LogP contribution in [0.5, 0.6) is 0 Å². The van der Waals surface area contributed by atoms with Gasteiger partial charge in [0.25, 0.3) is 8.32 Å². The highest BCUT2D eigenvalue weighted by Gasteiger charge is 2.50.